The number of fused-ring (bicyclic) bond motifs is 2. The smallest absolute Gasteiger partial charge is 0.301 e. The molecule has 8 heterocycles. The second-order valence-electron chi connectivity index (χ2n) is 18.4. The number of halogens is 3. The monoisotopic (exact) mass is 937 g/mol. The van der Waals surface area contributed by atoms with E-state index in [1.165, 1.54) is 11.8 Å². The van der Waals surface area contributed by atoms with Crippen LogP contribution in [0.25, 0.3) is 22.2 Å². The Hall–Kier alpha value is -6.13. The highest BCUT2D eigenvalue weighted by atomic mass is 32.2. The van der Waals surface area contributed by atoms with E-state index in [1.54, 1.807) is 29.6 Å². The van der Waals surface area contributed by atoms with Crippen LogP contribution in [0.2, 0.25) is 0 Å². The van der Waals surface area contributed by atoms with E-state index in [4.69, 9.17) is 9.97 Å². The third-order valence-corrected chi connectivity index (χ3v) is 15.7. The molecule has 5 fully saturated rings. The van der Waals surface area contributed by atoms with E-state index in [0.29, 0.717) is 41.2 Å². The van der Waals surface area contributed by atoms with Gasteiger partial charge in [0.1, 0.15) is 29.5 Å². The molecule has 6 aliphatic rings. The first-order valence-corrected chi connectivity index (χ1v) is 23.9. The Morgan fingerprint density at radius 1 is 0.881 bits per heavy atom. The molecule has 348 valence electrons. The standard InChI is InChI=1S/C46H46F3N11O6S/c47-31-7-10-59(24-31)67(65,66)55-36-4-3-35(48)39(40(36)49)41(62)34-20-51-42-33(34)16-27(17-50-42)29-18-52-45(53-19-29)46(8-9-46)58-13-11-56(12-14-58)25-57-21-30(22-57)26-1-2-32-28(15-26)23-60(44(32)64)37-5-6-38(61)54-43(37)63/h1-4,15-20,30-31,37,55H,5-14,21-25H2,(H,50,51)(H,54,61,63)/t31-,37?/m1/s1. The third kappa shape index (κ3) is 7.84. The molecule has 11 rings (SSSR count). The number of nitrogens with one attached hydrogen (secondary N) is 3. The number of alkyl halides is 1. The summed E-state index contributed by atoms with van der Waals surface area (Å²) in [4.78, 5) is 76.9. The molecular formula is C46H46F3N11O6S. The zero-order chi connectivity index (χ0) is 46.4. The van der Waals surface area contributed by atoms with E-state index in [2.05, 4.69) is 36.1 Å². The normalized spacial score (nSPS) is 22.9. The molecule has 3 aromatic heterocycles. The van der Waals surface area contributed by atoms with Crippen molar-refractivity contribution in [2.45, 2.75) is 62.3 Å². The van der Waals surface area contributed by atoms with Gasteiger partial charge in [-0.05, 0) is 61.1 Å². The van der Waals surface area contributed by atoms with Gasteiger partial charge in [0.2, 0.25) is 17.6 Å². The first-order chi connectivity index (χ1) is 32.2. The molecule has 1 unspecified atom stereocenters. The number of H-pyrrole nitrogens is 1. The van der Waals surface area contributed by atoms with Crippen molar-refractivity contribution in [2.24, 2.45) is 0 Å². The topological polar surface area (TPSA) is 197 Å². The first-order valence-electron chi connectivity index (χ1n) is 22.5. The van der Waals surface area contributed by atoms with E-state index in [0.717, 1.165) is 86.6 Å². The van der Waals surface area contributed by atoms with Gasteiger partial charge >= 0.3 is 10.2 Å². The van der Waals surface area contributed by atoms with Crippen LogP contribution in [0.4, 0.5) is 18.9 Å². The van der Waals surface area contributed by atoms with Gasteiger partial charge in [0.15, 0.2) is 5.82 Å². The molecule has 17 nitrogen and oxygen atoms in total. The van der Waals surface area contributed by atoms with Gasteiger partial charge in [0.05, 0.1) is 23.5 Å². The molecule has 2 aromatic carbocycles. The van der Waals surface area contributed by atoms with Crippen molar-refractivity contribution in [1.82, 2.24) is 49.2 Å². The minimum absolute atomic E-state index is 0.00354. The molecule has 1 saturated carbocycles. The molecule has 21 heteroatoms. The lowest BCUT2D eigenvalue weighted by atomic mass is 9.90. The molecular weight excluding hydrogens is 892 g/mol. The van der Waals surface area contributed by atoms with Crippen LogP contribution in [0, 0.1) is 11.6 Å². The second kappa shape index (κ2) is 16.6. The summed E-state index contributed by atoms with van der Waals surface area (Å²) < 4.78 is 73.2. The van der Waals surface area contributed by atoms with Gasteiger partial charge in [-0.3, -0.25) is 43.9 Å². The van der Waals surface area contributed by atoms with Crippen molar-refractivity contribution in [3.05, 3.63) is 106 Å². The summed E-state index contributed by atoms with van der Waals surface area (Å²) in [5.41, 5.74) is 2.30. The maximum Gasteiger partial charge on any atom is 0.301 e. The highest BCUT2D eigenvalue weighted by Gasteiger charge is 2.52. The number of piperazine rings is 1. The second-order valence-corrected chi connectivity index (χ2v) is 20.1. The van der Waals surface area contributed by atoms with Crippen LogP contribution >= 0.6 is 0 Å². The summed E-state index contributed by atoms with van der Waals surface area (Å²) in [6, 6.07) is 8.72. The highest BCUT2D eigenvalue weighted by Crippen LogP contribution is 2.50. The van der Waals surface area contributed by atoms with Gasteiger partial charge in [0, 0.05) is 124 Å². The number of amides is 3. The van der Waals surface area contributed by atoms with Gasteiger partial charge in [-0.2, -0.15) is 12.7 Å². The molecule has 5 aliphatic heterocycles. The lowest BCUT2D eigenvalue weighted by Crippen LogP contribution is -2.56. The average molecular weight is 938 g/mol. The number of rotatable bonds is 12. The van der Waals surface area contributed by atoms with Crippen LogP contribution < -0.4 is 10.0 Å². The molecule has 5 aromatic rings. The minimum Gasteiger partial charge on any atom is -0.345 e. The predicted octanol–water partition coefficient (Wildman–Crippen LogP) is 3.65. The largest absolute Gasteiger partial charge is 0.345 e. The Kier molecular flexibility index (Phi) is 10.7. The molecule has 0 radical (unpaired) electrons. The van der Waals surface area contributed by atoms with Crippen LogP contribution in [-0.2, 0) is 31.9 Å². The lowest BCUT2D eigenvalue weighted by Gasteiger charge is -2.45. The summed E-state index contributed by atoms with van der Waals surface area (Å²) in [7, 11) is -4.37. The number of ketones is 1. The number of imide groups is 1. The number of carbonyl (C=O) groups excluding carboxylic acids is 4. The van der Waals surface area contributed by atoms with E-state index in [-0.39, 0.29) is 47.7 Å². The number of carbonyl (C=O) groups is 4. The number of nitrogens with zero attached hydrogens (tertiary/aromatic N) is 8. The average Bonchev–Trinajstić information content (AvgIpc) is 3.62. The summed E-state index contributed by atoms with van der Waals surface area (Å²) in [5, 5.41) is 2.64. The molecule has 2 atom stereocenters. The lowest BCUT2D eigenvalue weighted by molar-refractivity contribution is -0.136. The van der Waals surface area contributed by atoms with Crippen molar-refractivity contribution in [3.8, 4) is 11.1 Å². The number of benzene rings is 2. The highest BCUT2D eigenvalue weighted by molar-refractivity contribution is 7.90. The number of likely N-dealkylation sites (tertiary alicyclic amines) is 1. The van der Waals surface area contributed by atoms with Crippen molar-refractivity contribution >= 4 is 50.4 Å². The molecule has 0 bridgehead atoms. The Morgan fingerprint density at radius 3 is 2.36 bits per heavy atom. The number of aromatic nitrogens is 4. The van der Waals surface area contributed by atoms with E-state index in [9.17, 15) is 32.0 Å². The van der Waals surface area contributed by atoms with E-state index >= 15 is 8.78 Å². The Morgan fingerprint density at radius 2 is 1.64 bits per heavy atom. The summed E-state index contributed by atoms with van der Waals surface area (Å²) in [5.74, 6) is -3.40. The van der Waals surface area contributed by atoms with Crippen LogP contribution in [0.3, 0.4) is 0 Å². The molecule has 3 N–H and O–H groups in total. The number of hydrogen-bond acceptors (Lipinski definition) is 12. The summed E-state index contributed by atoms with van der Waals surface area (Å²) in [6.07, 6.45) is 7.38. The van der Waals surface area contributed by atoms with Gasteiger partial charge in [-0.25, -0.2) is 28.1 Å². The summed E-state index contributed by atoms with van der Waals surface area (Å²) >= 11 is 0. The molecule has 4 saturated heterocycles. The quantitative estimate of drug-likeness (QED) is 0.122. The van der Waals surface area contributed by atoms with Gasteiger partial charge < -0.3 is 9.88 Å². The van der Waals surface area contributed by atoms with Crippen molar-refractivity contribution in [3.63, 3.8) is 0 Å². The zero-order valence-corrected chi connectivity index (χ0v) is 37.0. The van der Waals surface area contributed by atoms with E-state index < -0.39 is 63.5 Å². The maximum atomic E-state index is 15.8. The van der Waals surface area contributed by atoms with Crippen molar-refractivity contribution in [1.29, 1.82) is 0 Å². The fourth-order valence-electron chi connectivity index (χ4n) is 10.3. The van der Waals surface area contributed by atoms with Crippen molar-refractivity contribution < 1.29 is 40.8 Å². The number of piperidine rings is 1. The number of aromatic amines is 1. The number of anilines is 1. The maximum absolute atomic E-state index is 15.8. The Labute approximate surface area is 382 Å². The Bertz CT molecular complexity index is 2970. The van der Waals surface area contributed by atoms with Crippen molar-refractivity contribution in [2.75, 3.05) is 63.7 Å². The fourth-order valence-corrected chi connectivity index (χ4v) is 11.6. The SMILES string of the molecule is O=C1CCC(N2Cc3cc(C4CN(CN5CCN(C6(c7ncc(-c8cnc9[nH]cc(C(=O)c%10c(F)ccc(NS(=O)(=O)N%11CC[C@@H](F)C%11)c%10F)c9c8)cn7)CC6)CC5)C4)ccc3C2=O)C(=O)N1. The molecule has 1 aliphatic carbocycles. The van der Waals surface area contributed by atoms with Gasteiger partial charge in [-0.1, -0.05) is 12.1 Å². The minimum atomic E-state index is -4.37. The number of hydrogen-bond donors (Lipinski definition) is 3. The zero-order valence-electron chi connectivity index (χ0n) is 36.2. The third-order valence-electron chi connectivity index (χ3n) is 14.2. The van der Waals surface area contributed by atoms with E-state index in [1.807, 2.05) is 16.9 Å². The molecule has 67 heavy (non-hydrogen) atoms. The molecule has 0 spiro atoms. The predicted molar refractivity (Wildman–Crippen MR) is 236 cm³/mol. The van der Waals surface area contributed by atoms with Crippen LogP contribution in [0.5, 0.6) is 0 Å². The van der Waals surface area contributed by atoms with Crippen LogP contribution in [-0.4, -0.2) is 147 Å². The van der Waals surface area contributed by atoms with Crippen LogP contribution in [0.15, 0.2) is 61.2 Å². The fraction of sp³-hybridized carbons (Fsp3) is 0.413. The number of pyridine rings is 1. The molecule has 3 amide bonds. The van der Waals surface area contributed by atoms with Gasteiger partial charge in [0.25, 0.3) is 5.91 Å². The first kappa shape index (κ1) is 43.4. The summed E-state index contributed by atoms with van der Waals surface area (Å²) in [6.45, 7) is 6.09. The Balaban J connectivity index is 0.701. The van der Waals surface area contributed by atoms with Gasteiger partial charge in [-0.15, -0.1) is 0 Å². The van der Waals surface area contributed by atoms with Crippen LogP contribution in [0.1, 0.15) is 81.3 Å².